The molecule has 192 valence electrons. The molecule has 0 bridgehead atoms. The lowest BCUT2D eigenvalue weighted by Crippen LogP contribution is -2.48. The lowest BCUT2D eigenvalue weighted by atomic mass is 9.73. The molecule has 2 heterocycles. The molecule has 2 aromatic carbocycles. The monoisotopic (exact) mass is 527 g/mol. The standard InChI is InChI=1S/C28H34ClN3O3S/c1-20-5-8-22(9-6-20)36-17-16-32-14-12-28(13-15-32,27(33)31-34)11-3-4-23-24-18-21(35-2)7-10-26(24)30-19-25(23)29/h5-10,18-19,34H,3-4,11-17H2,1-2H3,(H,31,33). The number of aryl methyl sites for hydroxylation is 2. The van der Waals surface area contributed by atoms with Crippen LogP contribution in [0.1, 0.15) is 36.8 Å². The Balaban J connectivity index is 1.35. The molecule has 0 radical (unpaired) electrons. The number of hydrogen-bond acceptors (Lipinski definition) is 6. The first-order chi connectivity index (χ1) is 17.4. The zero-order chi connectivity index (χ0) is 25.5. The van der Waals surface area contributed by atoms with E-state index in [0.717, 1.165) is 73.3 Å². The number of nitrogens with one attached hydrogen (secondary N) is 1. The fraction of sp³-hybridized carbons (Fsp3) is 0.429. The molecule has 1 aliphatic heterocycles. The van der Waals surface area contributed by atoms with Gasteiger partial charge < -0.3 is 9.64 Å². The van der Waals surface area contributed by atoms with Crippen LogP contribution in [0.15, 0.2) is 53.6 Å². The van der Waals surface area contributed by atoms with Gasteiger partial charge in [0.25, 0.3) is 0 Å². The second kappa shape index (κ2) is 12.3. The fourth-order valence-electron chi connectivity index (χ4n) is 5.03. The van der Waals surface area contributed by atoms with Crippen molar-refractivity contribution in [3.05, 3.63) is 64.8 Å². The van der Waals surface area contributed by atoms with E-state index in [1.807, 2.05) is 35.4 Å². The third-order valence-corrected chi connectivity index (χ3v) is 8.63. The Labute approximate surface area is 222 Å². The number of nitrogens with zero attached hydrogens (tertiary/aromatic N) is 2. The van der Waals surface area contributed by atoms with Crippen LogP contribution in [0, 0.1) is 12.3 Å². The van der Waals surface area contributed by atoms with Gasteiger partial charge in [0.15, 0.2) is 0 Å². The van der Waals surface area contributed by atoms with Gasteiger partial charge in [-0.2, -0.15) is 0 Å². The molecule has 2 N–H and O–H groups in total. The van der Waals surface area contributed by atoms with E-state index >= 15 is 0 Å². The highest BCUT2D eigenvalue weighted by Crippen LogP contribution is 2.38. The number of amides is 1. The molecule has 6 nitrogen and oxygen atoms in total. The van der Waals surface area contributed by atoms with Crippen molar-refractivity contribution in [3.63, 3.8) is 0 Å². The number of pyridine rings is 1. The molecule has 4 rings (SSSR count). The number of halogens is 1. The maximum Gasteiger partial charge on any atom is 0.249 e. The molecule has 0 saturated carbocycles. The molecule has 1 aliphatic rings. The number of benzene rings is 2. The Hall–Kier alpha value is -2.32. The van der Waals surface area contributed by atoms with Crippen LogP contribution < -0.4 is 10.2 Å². The normalized spacial score (nSPS) is 15.7. The number of carbonyl (C=O) groups is 1. The highest BCUT2D eigenvalue weighted by atomic mass is 35.5. The summed E-state index contributed by atoms with van der Waals surface area (Å²) in [6, 6.07) is 14.4. The van der Waals surface area contributed by atoms with E-state index in [0.29, 0.717) is 11.4 Å². The molecule has 1 aromatic heterocycles. The number of carbonyl (C=O) groups excluding carboxylic acids is 1. The van der Waals surface area contributed by atoms with Crippen LogP contribution in [0.2, 0.25) is 5.02 Å². The van der Waals surface area contributed by atoms with Crippen molar-refractivity contribution in [2.24, 2.45) is 5.41 Å². The SMILES string of the molecule is COc1ccc2ncc(Cl)c(CCCC3(C(=O)NO)CCN(CCSc4ccc(C)cc4)CC3)c2c1. The predicted octanol–water partition coefficient (Wildman–Crippen LogP) is 5.91. The number of hydrogen-bond donors (Lipinski definition) is 2. The first-order valence-electron chi connectivity index (χ1n) is 12.4. The zero-order valence-electron chi connectivity index (χ0n) is 20.9. The highest BCUT2D eigenvalue weighted by molar-refractivity contribution is 7.99. The van der Waals surface area contributed by atoms with Gasteiger partial charge in [0, 0.05) is 28.8 Å². The van der Waals surface area contributed by atoms with E-state index in [1.54, 1.807) is 13.3 Å². The highest BCUT2D eigenvalue weighted by Gasteiger charge is 2.40. The number of methoxy groups -OCH3 is 1. The molecule has 0 spiro atoms. The van der Waals surface area contributed by atoms with Gasteiger partial charge >= 0.3 is 0 Å². The van der Waals surface area contributed by atoms with Crippen molar-refractivity contribution in [2.45, 2.75) is 43.9 Å². The lowest BCUT2D eigenvalue weighted by Gasteiger charge is -2.40. The van der Waals surface area contributed by atoms with Crippen LogP contribution in [-0.2, 0) is 11.2 Å². The van der Waals surface area contributed by atoms with Crippen LogP contribution in [0.5, 0.6) is 5.75 Å². The summed E-state index contributed by atoms with van der Waals surface area (Å²) in [6.45, 7) is 4.77. The van der Waals surface area contributed by atoms with E-state index < -0.39 is 5.41 Å². The topological polar surface area (TPSA) is 74.7 Å². The van der Waals surface area contributed by atoms with Crippen LogP contribution in [0.3, 0.4) is 0 Å². The second-order valence-corrected chi connectivity index (χ2v) is 11.1. The Bertz CT molecular complexity index is 1180. The minimum atomic E-state index is -0.567. The minimum Gasteiger partial charge on any atom is -0.497 e. The van der Waals surface area contributed by atoms with Crippen LogP contribution in [0.4, 0.5) is 0 Å². The van der Waals surface area contributed by atoms with Crippen molar-refractivity contribution >= 4 is 40.2 Å². The van der Waals surface area contributed by atoms with Gasteiger partial charge in [-0.1, -0.05) is 29.3 Å². The number of aromatic nitrogens is 1. The van der Waals surface area contributed by atoms with Gasteiger partial charge in [-0.05, 0) is 88.0 Å². The third kappa shape index (κ3) is 6.32. The molecule has 36 heavy (non-hydrogen) atoms. The summed E-state index contributed by atoms with van der Waals surface area (Å²) in [5.41, 5.74) is 4.54. The first kappa shape index (κ1) is 26.7. The molecule has 0 atom stereocenters. The largest absolute Gasteiger partial charge is 0.497 e. The molecule has 1 amide bonds. The van der Waals surface area contributed by atoms with E-state index in [-0.39, 0.29) is 5.91 Å². The van der Waals surface area contributed by atoms with Crippen molar-refractivity contribution in [1.82, 2.24) is 15.4 Å². The van der Waals surface area contributed by atoms with Gasteiger partial charge in [-0.3, -0.25) is 15.0 Å². The Morgan fingerprint density at radius 2 is 1.97 bits per heavy atom. The Kier molecular flexibility index (Phi) is 9.12. The van der Waals surface area contributed by atoms with Crippen LogP contribution >= 0.6 is 23.4 Å². The molecular weight excluding hydrogens is 494 g/mol. The van der Waals surface area contributed by atoms with Crippen molar-refractivity contribution in [2.75, 3.05) is 32.5 Å². The summed E-state index contributed by atoms with van der Waals surface area (Å²) in [6.07, 6.45) is 5.35. The van der Waals surface area contributed by atoms with Crippen LogP contribution in [0.25, 0.3) is 10.9 Å². The van der Waals surface area contributed by atoms with Crippen molar-refractivity contribution < 1.29 is 14.7 Å². The maximum atomic E-state index is 12.8. The van der Waals surface area contributed by atoms with Crippen molar-refractivity contribution in [1.29, 1.82) is 0 Å². The molecule has 0 unspecified atom stereocenters. The number of ether oxygens (including phenoxy) is 1. The number of fused-ring (bicyclic) bond motifs is 1. The quantitative estimate of drug-likeness (QED) is 0.194. The van der Waals surface area contributed by atoms with E-state index in [9.17, 15) is 10.0 Å². The zero-order valence-corrected chi connectivity index (χ0v) is 22.5. The predicted molar refractivity (Wildman–Crippen MR) is 146 cm³/mol. The third-order valence-electron chi connectivity index (χ3n) is 7.31. The number of hydroxylamine groups is 1. The van der Waals surface area contributed by atoms with Gasteiger partial charge in [-0.25, -0.2) is 5.48 Å². The first-order valence-corrected chi connectivity index (χ1v) is 13.8. The number of piperidine rings is 1. The molecule has 8 heteroatoms. The summed E-state index contributed by atoms with van der Waals surface area (Å²) in [5, 5.41) is 11.1. The molecule has 0 aliphatic carbocycles. The number of thioether (sulfide) groups is 1. The van der Waals surface area contributed by atoms with Crippen molar-refractivity contribution in [3.8, 4) is 5.75 Å². The number of rotatable bonds is 10. The Morgan fingerprint density at radius 3 is 2.67 bits per heavy atom. The van der Waals surface area contributed by atoms with Crippen LogP contribution in [-0.4, -0.2) is 53.5 Å². The molecule has 1 saturated heterocycles. The second-order valence-electron chi connectivity index (χ2n) is 9.55. The summed E-state index contributed by atoms with van der Waals surface area (Å²) >= 11 is 8.40. The summed E-state index contributed by atoms with van der Waals surface area (Å²) < 4.78 is 5.39. The smallest absolute Gasteiger partial charge is 0.249 e. The fourth-order valence-corrected chi connectivity index (χ4v) is 6.19. The average molecular weight is 528 g/mol. The van der Waals surface area contributed by atoms with Gasteiger partial charge in [0.2, 0.25) is 5.91 Å². The minimum absolute atomic E-state index is 0.275. The van der Waals surface area contributed by atoms with E-state index in [4.69, 9.17) is 16.3 Å². The van der Waals surface area contributed by atoms with Gasteiger partial charge in [0.1, 0.15) is 5.75 Å². The lowest BCUT2D eigenvalue weighted by molar-refractivity contribution is -0.143. The molecule has 3 aromatic rings. The maximum absolute atomic E-state index is 12.8. The van der Waals surface area contributed by atoms with Gasteiger partial charge in [-0.15, -0.1) is 11.8 Å². The summed E-state index contributed by atoms with van der Waals surface area (Å²) in [5.74, 6) is 1.50. The Morgan fingerprint density at radius 1 is 1.22 bits per heavy atom. The van der Waals surface area contributed by atoms with E-state index in [2.05, 4.69) is 41.1 Å². The number of likely N-dealkylation sites (tertiary alicyclic amines) is 1. The van der Waals surface area contributed by atoms with E-state index in [1.165, 1.54) is 10.5 Å². The average Bonchev–Trinajstić information content (AvgIpc) is 2.91. The molecule has 1 fully saturated rings. The van der Waals surface area contributed by atoms with Gasteiger partial charge in [0.05, 0.1) is 23.1 Å². The molecular formula is C28H34ClN3O3S. The summed E-state index contributed by atoms with van der Waals surface area (Å²) in [7, 11) is 1.64. The summed E-state index contributed by atoms with van der Waals surface area (Å²) in [4.78, 5) is 20.9.